The number of carbonyl (C=O) groups excluding carboxylic acids is 1. The van der Waals surface area contributed by atoms with Crippen LogP contribution in [-0.2, 0) is 0 Å². The molecule has 1 saturated carbocycles. The van der Waals surface area contributed by atoms with E-state index in [1.165, 1.54) is 16.9 Å². The Kier molecular flexibility index (Phi) is 5.01. The third kappa shape index (κ3) is 3.29. The number of amides is 1. The molecule has 1 aliphatic carbocycles. The minimum Gasteiger partial charge on any atom is -0.502 e. The fourth-order valence-electron chi connectivity index (χ4n) is 5.35. The van der Waals surface area contributed by atoms with Crippen molar-refractivity contribution in [3.8, 4) is 11.5 Å². The van der Waals surface area contributed by atoms with Crippen molar-refractivity contribution in [2.24, 2.45) is 0 Å². The SMILES string of the molecule is O=C1c2c(O)c(=O)ccn2N2[C@@H](c3ccccc3)c3cc(F)c(F)cc3OCC[C@@H]2N1C1CCC1. The Bertz CT molecular complexity index is 1370. The minimum absolute atomic E-state index is 0.0567. The lowest BCUT2D eigenvalue weighted by molar-refractivity contribution is 0.0213. The lowest BCUT2D eigenvalue weighted by atomic mass is 9.89. The van der Waals surface area contributed by atoms with Crippen molar-refractivity contribution in [2.75, 3.05) is 11.6 Å². The molecule has 6 rings (SSSR count). The number of aromatic hydroxyl groups is 1. The molecule has 0 spiro atoms. The van der Waals surface area contributed by atoms with E-state index < -0.39 is 40.9 Å². The molecule has 1 aromatic heterocycles. The van der Waals surface area contributed by atoms with Crippen molar-refractivity contribution in [1.29, 1.82) is 0 Å². The van der Waals surface area contributed by atoms with Crippen LogP contribution in [0.1, 0.15) is 53.3 Å². The summed E-state index contributed by atoms with van der Waals surface area (Å²) < 4.78 is 36.2. The number of ether oxygens (including phenoxy) is 1. The molecule has 35 heavy (non-hydrogen) atoms. The summed E-state index contributed by atoms with van der Waals surface area (Å²) in [5.74, 6) is -2.88. The molecule has 2 atom stereocenters. The molecule has 3 aromatic rings. The van der Waals surface area contributed by atoms with Crippen LogP contribution in [0.4, 0.5) is 8.78 Å². The highest BCUT2D eigenvalue weighted by Gasteiger charge is 2.48. The summed E-state index contributed by atoms with van der Waals surface area (Å²) >= 11 is 0. The molecule has 0 radical (unpaired) electrons. The van der Waals surface area contributed by atoms with Crippen LogP contribution >= 0.6 is 0 Å². The third-order valence-electron chi connectivity index (χ3n) is 7.20. The summed E-state index contributed by atoms with van der Waals surface area (Å²) in [7, 11) is 0. The molecule has 3 aliphatic rings. The Morgan fingerprint density at radius 2 is 1.71 bits per heavy atom. The Morgan fingerprint density at radius 3 is 2.43 bits per heavy atom. The third-order valence-corrected chi connectivity index (χ3v) is 7.20. The van der Waals surface area contributed by atoms with Crippen molar-refractivity contribution < 1.29 is 23.4 Å². The molecule has 7 nitrogen and oxygen atoms in total. The van der Waals surface area contributed by atoms with E-state index >= 15 is 0 Å². The molecule has 1 N–H and O–H groups in total. The summed E-state index contributed by atoms with van der Waals surface area (Å²) in [4.78, 5) is 27.8. The van der Waals surface area contributed by atoms with E-state index in [-0.39, 0.29) is 24.1 Å². The molecule has 0 unspecified atom stereocenters. The molecule has 0 bridgehead atoms. The van der Waals surface area contributed by atoms with E-state index in [1.807, 2.05) is 35.3 Å². The number of halogens is 2. The van der Waals surface area contributed by atoms with Gasteiger partial charge in [0.05, 0.1) is 6.61 Å². The number of fused-ring (bicyclic) bond motifs is 4. The quantitative estimate of drug-likeness (QED) is 0.607. The zero-order chi connectivity index (χ0) is 24.3. The van der Waals surface area contributed by atoms with Crippen LogP contribution in [0.5, 0.6) is 11.5 Å². The van der Waals surface area contributed by atoms with Crippen LogP contribution in [0.2, 0.25) is 0 Å². The van der Waals surface area contributed by atoms with Gasteiger partial charge in [0.15, 0.2) is 23.1 Å². The fourth-order valence-corrected chi connectivity index (χ4v) is 5.35. The highest BCUT2D eigenvalue weighted by molar-refractivity contribution is 5.96. The highest BCUT2D eigenvalue weighted by atomic mass is 19.2. The molecular weight excluding hydrogens is 456 g/mol. The van der Waals surface area contributed by atoms with Crippen LogP contribution in [0.3, 0.4) is 0 Å². The first kappa shape index (κ1) is 21.6. The number of pyridine rings is 1. The molecule has 2 aliphatic heterocycles. The Balaban J connectivity index is 1.66. The Labute approximate surface area is 199 Å². The number of nitrogens with zero attached hydrogens (tertiary/aromatic N) is 3. The molecule has 0 saturated heterocycles. The largest absolute Gasteiger partial charge is 0.502 e. The average molecular weight is 479 g/mol. The maximum atomic E-state index is 14.6. The first-order valence-corrected chi connectivity index (χ1v) is 11.7. The summed E-state index contributed by atoms with van der Waals surface area (Å²) in [6.45, 7) is 0.165. The lowest BCUT2D eigenvalue weighted by Gasteiger charge is -2.54. The van der Waals surface area contributed by atoms with Gasteiger partial charge in [0.1, 0.15) is 18.0 Å². The average Bonchev–Trinajstić information content (AvgIpc) is 2.81. The van der Waals surface area contributed by atoms with Crippen molar-refractivity contribution in [3.63, 3.8) is 0 Å². The van der Waals surface area contributed by atoms with Gasteiger partial charge in [0.2, 0.25) is 5.43 Å². The van der Waals surface area contributed by atoms with Crippen molar-refractivity contribution in [3.05, 3.63) is 93.4 Å². The summed E-state index contributed by atoms with van der Waals surface area (Å²) in [6, 6.07) is 11.9. The van der Waals surface area contributed by atoms with Crippen LogP contribution in [0.25, 0.3) is 0 Å². The maximum absolute atomic E-state index is 14.6. The first-order chi connectivity index (χ1) is 17.0. The lowest BCUT2D eigenvalue weighted by Crippen LogP contribution is -2.66. The second kappa shape index (κ2) is 8.11. The van der Waals surface area contributed by atoms with Gasteiger partial charge in [-0.25, -0.2) is 8.78 Å². The zero-order valence-electron chi connectivity index (χ0n) is 18.7. The van der Waals surface area contributed by atoms with E-state index in [2.05, 4.69) is 0 Å². The van der Waals surface area contributed by atoms with Crippen LogP contribution in [-0.4, -0.2) is 39.4 Å². The number of hydrogen-bond donors (Lipinski definition) is 1. The molecule has 1 fully saturated rings. The maximum Gasteiger partial charge on any atom is 0.278 e. The van der Waals surface area contributed by atoms with Gasteiger partial charge in [-0.05, 0) is 30.9 Å². The Morgan fingerprint density at radius 1 is 0.971 bits per heavy atom. The summed E-state index contributed by atoms with van der Waals surface area (Å²) in [6.07, 6.45) is 3.92. The smallest absolute Gasteiger partial charge is 0.278 e. The van der Waals surface area contributed by atoms with Gasteiger partial charge in [-0.3, -0.25) is 19.3 Å². The predicted octanol–water partition coefficient (Wildman–Crippen LogP) is 3.68. The Hall–Kier alpha value is -3.88. The van der Waals surface area contributed by atoms with Crippen LogP contribution < -0.4 is 15.2 Å². The van der Waals surface area contributed by atoms with Crippen molar-refractivity contribution in [2.45, 2.75) is 43.9 Å². The molecule has 180 valence electrons. The standard InChI is InChI=1S/C26H23F2N3O4/c27-18-13-17-21(14-19(18)28)35-12-10-22-30(16-7-4-8-16)26(34)24-25(33)20(32)9-11-29(24)31(22)23(17)15-5-2-1-3-6-15/h1-3,5-6,9,11,13-14,16,22-23,33H,4,7-8,10,12H2/t22-,23+/m1/s1. The molecule has 1 amide bonds. The van der Waals surface area contributed by atoms with Gasteiger partial charge in [-0.1, -0.05) is 30.3 Å². The zero-order valence-corrected chi connectivity index (χ0v) is 18.7. The summed E-state index contributed by atoms with van der Waals surface area (Å²) in [5, 5.41) is 12.6. The highest BCUT2D eigenvalue weighted by Crippen LogP contribution is 2.43. The van der Waals surface area contributed by atoms with E-state index in [0.717, 1.165) is 37.0 Å². The van der Waals surface area contributed by atoms with Crippen LogP contribution in [0.15, 0.2) is 59.5 Å². The van der Waals surface area contributed by atoms with E-state index in [9.17, 15) is 23.5 Å². The second-order valence-corrected chi connectivity index (χ2v) is 9.13. The monoisotopic (exact) mass is 479 g/mol. The number of aromatic nitrogens is 1. The topological polar surface area (TPSA) is 75.0 Å². The van der Waals surface area contributed by atoms with Gasteiger partial charge >= 0.3 is 0 Å². The van der Waals surface area contributed by atoms with Crippen molar-refractivity contribution >= 4 is 5.91 Å². The minimum atomic E-state index is -1.02. The van der Waals surface area contributed by atoms with Gasteiger partial charge in [-0.15, -0.1) is 0 Å². The van der Waals surface area contributed by atoms with E-state index in [4.69, 9.17) is 4.74 Å². The normalized spacial score (nSPS) is 21.7. The van der Waals surface area contributed by atoms with Gasteiger partial charge in [-0.2, -0.15) is 0 Å². The number of rotatable bonds is 2. The van der Waals surface area contributed by atoms with Gasteiger partial charge in [0.25, 0.3) is 5.91 Å². The number of benzene rings is 2. The van der Waals surface area contributed by atoms with E-state index in [0.29, 0.717) is 12.0 Å². The van der Waals surface area contributed by atoms with Gasteiger partial charge in [0, 0.05) is 36.4 Å². The van der Waals surface area contributed by atoms with E-state index in [1.54, 1.807) is 4.90 Å². The first-order valence-electron chi connectivity index (χ1n) is 11.7. The number of carbonyl (C=O) groups is 1. The summed E-state index contributed by atoms with van der Waals surface area (Å²) in [5.41, 5.74) is 0.345. The fraction of sp³-hybridized carbons (Fsp3) is 0.308. The molecule has 3 heterocycles. The molecule has 9 heteroatoms. The van der Waals surface area contributed by atoms with Gasteiger partial charge < -0.3 is 14.7 Å². The predicted molar refractivity (Wildman–Crippen MR) is 123 cm³/mol. The van der Waals surface area contributed by atoms with Crippen LogP contribution in [0, 0.1) is 11.6 Å². The molecule has 2 aromatic carbocycles. The number of hydrogen-bond acceptors (Lipinski definition) is 5. The van der Waals surface area contributed by atoms with Crippen molar-refractivity contribution in [1.82, 2.24) is 9.58 Å². The molecular formula is C26H23F2N3O4. The second-order valence-electron chi connectivity index (χ2n) is 9.13.